The largest absolute Gasteiger partial charge is 0.396 e. The molecule has 0 spiro atoms. The van der Waals surface area contributed by atoms with Gasteiger partial charge >= 0.3 is 0 Å². The Morgan fingerprint density at radius 3 is 2.00 bits per heavy atom. The smallest absolute Gasteiger partial charge is 0.0430 e. The van der Waals surface area contributed by atoms with E-state index < -0.39 is 0 Å². The molecule has 0 aliphatic rings. The van der Waals surface area contributed by atoms with Crippen LogP contribution in [-0.4, -0.2) is 11.7 Å². The summed E-state index contributed by atoms with van der Waals surface area (Å²) in [5.41, 5.74) is 0. The van der Waals surface area contributed by atoms with E-state index in [1.807, 2.05) is 0 Å². The molecule has 0 aromatic rings. The van der Waals surface area contributed by atoms with E-state index in [9.17, 15) is 0 Å². The van der Waals surface area contributed by atoms with Crippen LogP contribution in [-0.2, 0) is 0 Å². The molecule has 0 saturated carbocycles. The first kappa shape index (κ1) is 10.2. The number of hydrogen-bond acceptors (Lipinski definition) is 1. The van der Waals surface area contributed by atoms with Crippen molar-refractivity contribution in [2.75, 3.05) is 6.61 Å². The molecule has 0 heterocycles. The molecular formula is C4H10LuO. The Labute approximate surface area is 67.9 Å². The van der Waals surface area contributed by atoms with Gasteiger partial charge < -0.3 is 5.11 Å². The molecule has 0 rings (SSSR count). The minimum Gasteiger partial charge on any atom is -0.396 e. The monoisotopic (exact) mass is 249 g/mol. The van der Waals surface area contributed by atoms with Gasteiger partial charge in [0.2, 0.25) is 0 Å². The third-order valence-corrected chi connectivity index (χ3v) is 0.512. The van der Waals surface area contributed by atoms with Gasteiger partial charge in [0.05, 0.1) is 0 Å². The van der Waals surface area contributed by atoms with E-state index in [2.05, 4.69) is 6.92 Å². The Balaban J connectivity index is 0. The van der Waals surface area contributed by atoms with E-state index in [1.54, 1.807) is 0 Å². The summed E-state index contributed by atoms with van der Waals surface area (Å²) in [7, 11) is 0. The van der Waals surface area contributed by atoms with Gasteiger partial charge in [0.15, 0.2) is 0 Å². The van der Waals surface area contributed by atoms with Crippen LogP contribution < -0.4 is 0 Å². The van der Waals surface area contributed by atoms with E-state index in [0.717, 1.165) is 12.8 Å². The molecule has 6 heavy (non-hydrogen) atoms. The van der Waals surface area contributed by atoms with Crippen molar-refractivity contribution in [3.05, 3.63) is 0 Å². The number of aliphatic hydroxyl groups excluding tert-OH is 1. The second-order valence-electron chi connectivity index (χ2n) is 1.08. The number of hydrogen-bond donors (Lipinski definition) is 1. The SMILES string of the molecule is CCCCO.[Lu]. The standard InChI is InChI=1S/C4H10O.Lu/c1-2-3-4-5;/h5H,2-4H2,1H3;. The van der Waals surface area contributed by atoms with E-state index >= 15 is 0 Å². The number of unbranched alkanes of at least 4 members (excludes halogenated alkanes) is 1. The topological polar surface area (TPSA) is 20.2 Å². The van der Waals surface area contributed by atoms with Gasteiger partial charge in [-0.15, -0.1) is 0 Å². The Bertz CT molecular complexity index is 15.0. The molecule has 0 bridgehead atoms. The van der Waals surface area contributed by atoms with Crippen LogP contribution in [0.5, 0.6) is 0 Å². The summed E-state index contributed by atoms with van der Waals surface area (Å²) in [6.07, 6.45) is 2.04. The first-order valence-corrected chi connectivity index (χ1v) is 2.02. The molecule has 0 unspecified atom stereocenters. The summed E-state index contributed by atoms with van der Waals surface area (Å²) in [6.45, 7) is 2.40. The molecule has 2 heteroatoms. The summed E-state index contributed by atoms with van der Waals surface area (Å²) in [4.78, 5) is 0. The maximum Gasteiger partial charge on any atom is 0.0430 e. The van der Waals surface area contributed by atoms with Crippen molar-refractivity contribution in [2.45, 2.75) is 19.8 Å². The molecule has 0 atom stereocenters. The second kappa shape index (κ2) is 9.50. The van der Waals surface area contributed by atoms with E-state index in [0.29, 0.717) is 6.61 Å². The first-order valence-electron chi connectivity index (χ1n) is 2.02. The van der Waals surface area contributed by atoms with Crippen LogP contribution in [0.4, 0.5) is 0 Å². The zero-order chi connectivity index (χ0) is 4.12. The maximum absolute atomic E-state index is 8.07. The summed E-state index contributed by atoms with van der Waals surface area (Å²) >= 11 is 0. The van der Waals surface area contributed by atoms with Gasteiger partial charge in [-0.2, -0.15) is 0 Å². The molecule has 1 N–H and O–H groups in total. The molecule has 47 valence electrons. The van der Waals surface area contributed by atoms with Crippen LogP contribution in [0.15, 0.2) is 0 Å². The normalized spacial score (nSPS) is 7.00. The fourth-order valence-corrected chi connectivity index (χ4v) is 0.158. The molecule has 0 saturated heterocycles. The molecule has 0 fully saturated rings. The van der Waals surface area contributed by atoms with Crippen LogP contribution in [0, 0.1) is 36.9 Å². The predicted octanol–water partition coefficient (Wildman–Crippen LogP) is 0.779. The third-order valence-electron chi connectivity index (χ3n) is 0.512. The summed E-state index contributed by atoms with van der Waals surface area (Å²) in [5.74, 6) is 0. The van der Waals surface area contributed by atoms with Crippen LogP contribution in [0.1, 0.15) is 19.8 Å². The van der Waals surface area contributed by atoms with E-state index in [4.69, 9.17) is 5.11 Å². The van der Waals surface area contributed by atoms with Crippen molar-refractivity contribution in [2.24, 2.45) is 0 Å². The van der Waals surface area contributed by atoms with Crippen molar-refractivity contribution in [3.63, 3.8) is 0 Å². The average Bonchev–Trinajstić information content (AvgIpc) is 1.41. The predicted molar refractivity (Wildman–Crippen MR) is 22.0 cm³/mol. The maximum atomic E-state index is 8.07. The van der Waals surface area contributed by atoms with Crippen LogP contribution in [0.2, 0.25) is 0 Å². The molecule has 0 aromatic heterocycles. The number of rotatable bonds is 2. The molecule has 0 aliphatic carbocycles. The van der Waals surface area contributed by atoms with Crippen molar-refractivity contribution in [1.82, 2.24) is 0 Å². The zero-order valence-corrected chi connectivity index (χ0v) is 5.48. The van der Waals surface area contributed by atoms with Gasteiger partial charge in [-0.25, -0.2) is 0 Å². The molecule has 1 radical (unpaired) electrons. The van der Waals surface area contributed by atoms with E-state index in [1.165, 1.54) is 0 Å². The fourth-order valence-electron chi connectivity index (χ4n) is 0.158. The molecule has 0 aromatic carbocycles. The summed E-state index contributed by atoms with van der Waals surface area (Å²) in [6, 6.07) is 0. The summed E-state index contributed by atoms with van der Waals surface area (Å²) < 4.78 is 0. The van der Waals surface area contributed by atoms with Gasteiger partial charge in [0, 0.05) is 43.5 Å². The van der Waals surface area contributed by atoms with Crippen molar-refractivity contribution >= 4 is 0 Å². The molecular weight excluding hydrogens is 239 g/mol. The molecule has 1 nitrogen and oxygen atoms in total. The minimum atomic E-state index is 0. The second-order valence-corrected chi connectivity index (χ2v) is 1.08. The van der Waals surface area contributed by atoms with Gasteiger partial charge in [0.1, 0.15) is 0 Å². The van der Waals surface area contributed by atoms with E-state index in [-0.39, 0.29) is 36.9 Å². The van der Waals surface area contributed by atoms with Crippen LogP contribution in [0.25, 0.3) is 0 Å². The Kier molecular flexibility index (Phi) is 16.2. The van der Waals surface area contributed by atoms with Crippen LogP contribution in [0.3, 0.4) is 0 Å². The average molecular weight is 249 g/mol. The Morgan fingerprint density at radius 1 is 1.50 bits per heavy atom. The first-order chi connectivity index (χ1) is 2.41. The third kappa shape index (κ3) is 8.96. The van der Waals surface area contributed by atoms with Gasteiger partial charge in [-0.05, 0) is 6.42 Å². The number of aliphatic hydroxyl groups is 1. The zero-order valence-electron chi connectivity index (χ0n) is 3.83. The van der Waals surface area contributed by atoms with Gasteiger partial charge in [0.25, 0.3) is 0 Å². The quantitative estimate of drug-likeness (QED) is 0.766. The molecule has 0 amide bonds. The fraction of sp³-hybridized carbons (Fsp3) is 1.00. The van der Waals surface area contributed by atoms with Crippen molar-refractivity contribution in [3.8, 4) is 0 Å². The van der Waals surface area contributed by atoms with Gasteiger partial charge in [-0.1, -0.05) is 13.3 Å². The van der Waals surface area contributed by atoms with Crippen molar-refractivity contribution in [1.29, 1.82) is 0 Å². The Morgan fingerprint density at radius 2 is 2.00 bits per heavy atom. The summed E-state index contributed by atoms with van der Waals surface area (Å²) in [5, 5.41) is 8.07. The Hall–Kier alpha value is 1.19. The van der Waals surface area contributed by atoms with Crippen LogP contribution >= 0.6 is 0 Å². The van der Waals surface area contributed by atoms with Gasteiger partial charge in [-0.3, -0.25) is 0 Å². The van der Waals surface area contributed by atoms with Crippen molar-refractivity contribution < 1.29 is 42.0 Å². The molecule has 0 aliphatic heterocycles. The minimum absolute atomic E-state index is 0.